The molecule has 0 heterocycles. The Kier molecular flexibility index (Phi) is 11.7. The molecule has 1 fully saturated rings. The van der Waals surface area contributed by atoms with Crippen LogP contribution >= 0.6 is 7.82 Å². The van der Waals surface area contributed by atoms with Crippen LogP contribution in [0.2, 0.25) is 0 Å². The number of phosphoric acid groups is 1. The Hall–Kier alpha value is -1.92. The highest BCUT2D eigenvalue weighted by Crippen LogP contribution is 2.53. The molecule has 3 rings (SSSR count). The molecule has 2 N–H and O–H groups in total. The fraction of sp³-hybridized carbons (Fsp3) is 0.656. The maximum absolute atomic E-state index is 13.8. The highest BCUT2D eigenvalue weighted by Gasteiger charge is 2.50. The molecule has 0 spiro atoms. The summed E-state index contributed by atoms with van der Waals surface area (Å²) in [5.74, 6) is -0.181. The van der Waals surface area contributed by atoms with Crippen molar-refractivity contribution in [3.8, 4) is 11.5 Å². The number of benzene rings is 1. The van der Waals surface area contributed by atoms with E-state index in [1.165, 1.54) is 5.57 Å². The molecule has 1 saturated carbocycles. The first-order chi connectivity index (χ1) is 18.9. The molecule has 0 aromatic heterocycles. The van der Waals surface area contributed by atoms with Crippen LogP contribution in [-0.4, -0.2) is 28.2 Å². The lowest BCUT2D eigenvalue weighted by molar-refractivity contribution is -0.153. The predicted molar refractivity (Wildman–Crippen MR) is 159 cm³/mol. The molecule has 0 bridgehead atoms. The molecule has 0 saturated heterocycles. The summed E-state index contributed by atoms with van der Waals surface area (Å²) in [4.78, 5) is 24.4. The number of aryl methyl sites for hydroxylation is 1. The fourth-order valence-electron chi connectivity index (χ4n) is 5.84. The van der Waals surface area contributed by atoms with Crippen LogP contribution in [0.1, 0.15) is 116 Å². The van der Waals surface area contributed by atoms with E-state index in [1.807, 2.05) is 26.8 Å². The van der Waals surface area contributed by atoms with Gasteiger partial charge >= 0.3 is 13.8 Å². The standard InChI is InChI=1S/C32H49O7P/c1-7-8-9-12-25-20-28(33)30(27-19-24(6)13-14-26(27)23(4)5)29(21-25)38-31(34)32(16-10-11-17-32)39-40(35,36)37-18-15-22(2)3/h19-22,26-27,33H,4,7-18H2,1-3,5-6H3,(H,35,36)/t26-,27+/m0/s1. The Morgan fingerprint density at radius 3 is 2.55 bits per heavy atom. The van der Waals surface area contributed by atoms with E-state index in [0.29, 0.717) is 30.7 Å². The molecular weight excluding hydrogens is 527 g/mol. The lowest BCUT2D eigenvalue weighted by Gasteiger charge is -2.33. The summed E-state index contributed by atoms with van der Waals surface area (Å²) < 4.78 is 29.8. The van der Waals surface area contributed by atoms with Crippen molar-refractivity contribution in [1.29, 1.82) is 0 Å². The van der Waals surface area contributed by atoms with Crippen LogP contribution in [0.5, 0.6) is 11.5 Å². The molecule has 0 aliphatic heterocycles. The molecule has 3 atom stereocenters. The third-order valence-electron chi connectivity index (χ3n) is 8.19. The molecule has 0 amide bonds. The topological polar surface area (TPSA) is 102 Å². The number of allylic oxidation sites excluding steroid dienone is 3. The van der Waals surface area contributed by atoms with E-state index in [4.69, 9.17) is 13.8 Å². The van der Waals surface area contributed by atoms with Gasteiger partial charge < -0.3 is 14.7 Å². The number of phenols is 1. The SMILES string of the molecule is C=C(C)[C@@H]1CCC(C)=C[C@H]1c1c(O)cc(CCCCC)cc1OC(=O)C1(OP(=O)(O)OCCC(C)C)CCCC1. The maximum atomic E-state index is 13.8. The fourth-order valence-corrected chi connectivity index (χ4v) is 6.93. The van der Waals surface area contributed by atoms with Gasteiger partial charge in [-0.05, 0) is 101 Å². The number of carbonyl (C=O) groups is 1. The second kappa shape index (κ2) is 14.3. The van der Waals surface area contributed by atoms with Gasteiger partial charge in [0, 0.05) is 11.5 Å². The zero-order valence-electron chi connectivity index (χ0n) is 25.0. The zero-order chi connectivity index (χ0) is 29.5. The zero-order valence-corrected chi connectivity index (χ0v) is 25.9. The number of phosphoric ester groups is 1. The van der Waals surface area contributed by atoms with Gasteiger partial charge in [0.2, 0.25) is 0 Å². The Morgan fingerprint density at radius 1 is 1.23 bits per heavy atom. The summed E-state index contributed by atoms with van der Waals surface area (Å²) in [6.45, 7) is 14.5. The number of unbranched alkanes of at least 4 members (excludes halogenated alkanes) is 2. The molecule has 8 heteroatoms. The molecular formula is C32H49O7P. The van der Waals surface area contributed by atoms with Gasteiger partial charge in [-0.3, -0.25) is 9.05 Å². The Balaban J connectivity index is 1.98. The van der Waals surface area contributed by atoms with Gasteiger partial charge in [0.1, 0.15) is 11.5 Å². The largest absolute Gasteiger partial charge is 0.507 e. The van der Waals surface area contributed by atoms with Gasteiger partial charge in [-0.15, -0.1) is 0 Å². The first kappa shape index (κ1) is 32.6. The molecule has 40 heavy (non-hydrogen) atoms. The minimum atomic E-state index is -4.50. The number of aromatic hydroxyl groups is 1. The summed E-state index contributed by atoms with van der Waals surface area (Å²) in [6.07, 6.45) is 10.2. The predicted octanol–water partition coefficient (Wildman–Crippen LogP) is 8.54. The third-order valence-corrected chi connectivity index (χ3v) is 9.28. The monoisotopic (exact) mass is 576 g/mol. The lowest BCUT2D eigenvalue weighted by Crippen LogP contribution is -2.41. The first-order valence-corrected chi connectivity index (χ1v) is 16.5. The normalized spacial score (nSPS) is 22.1. The number of ether oxygens (including phenoxy) is 1. The summed E-state index contributed by atoms with van der Waals surface area (Å²) in [6, 6.07) is 3.62. The van der Waals surface area contributed by atoms with Crippen molar-refractivity contribution in [2.24, 2.45) is 11.8 Å². The number of rotatable bonds is 14. The average molecular weight is 577 g/mol. The lowest BCUT2D eigenvalue weighted by atomic mass is 9.73. The van der Waals surface area contributed by atoms with Crippen LogP contribution in [-0.2, 0) is 24.8 Å². The Morgan fingerprint density at radius 2 is 1.93 bits per heavy atom. The second-order valence-electron chi connectivity index (χ2n) is 12.2. The first-order valence-electron chi connectivity index (χ1n) is 15.0. The van der Waals surface area contributed by atoms with Gasteiger partial charge in [0.25, 0.3) is 0 Å². The molecule has 1 aromatic carbocycles. The smallest absolute Gasteiger partial charge is 0.473 e. The highest BCUT2D eigenvalue weighted by molar-refractivity contribution is 7.47. The molecule has 2 aliphatic rings. The number of hydrogen-bond donors (Lipinski definition) is 2. The Bertz CT molecular complexity index is 1120. The van der Waals surface area contributed by atoms with Crippen LogP contribution in [0.4, 0.5) is 0 Å². The highest BCUT2D eigenvalue weighted by atomic mass is 31.2. The van der Waals surface area contributed by atoms with E-state index in [9.17, 15) is 19.4 Å². The van der Waals surface area contributed by atoms with Gasteiger partial charge in [-0.25, -0.2) is 9.36 Å². The number of hydrogen-bond acceptors (Lipinski definition) is 6. The van der Waals surface area contributed by atoms with Crippen LogP contribution in [0.25, 0.3) is 0 Å². The van der Waals surface area contributed by atoms with Crippen molar-refractivity contribution in [3.63, 3.8) is 0 Å². The molecule has 1 aromatic rings. The van der Waals surface area contributed by atoms with Gasteiger partial charge in [0.05, 0.1) is 6.61 Å². The van der Waals surface area contributed by atoms with E-state index in [-0.39, 0.29) is 42.8 Å². The maximum Gasteiger partial charge on any atom is 0.473 e. The van der Waals surface area contributed by atoms with Crippen molar-refractivity contribution < 1.29 is 33.1 Å². The van der Waals surface area contributed by atoms with Crippen LogP contribution in [0, 0.1) is 11.8 Å². The summed E-state index contributed by atoms with van der Waals surface area (Å²) >= 11 is 0. The van der Waals surface area contributed by atoms with Crippen molar-refractivity contribution in [1.82, 2.24) is 0 Å². The average Bonchev–Trinajstić information content (AvgIpc) is 3.32. The van der Waals surface area contributed by atoms with Crippen LogP contribution < -0.4 is 4.74 Å². The van der Waals surface area contributed by atoms with Gasteiger partial charge in [0.15, 0.2) is 5.60 Å². The number of carbonyl (C=O) groups excluding carboxylic acids is 1. The molecule has 0 radical (unpaired) electrons. The summed E-state index contributed by atoms with van der Waals surface area (Å²) in [7, 11) is -4.50. The summed E-state index contributed by atoms with van der Waals surface area (Å²) in [5, 5.41) is 11.4. The summed E-state index contributed by atoms with van der Waals surface area (Å²) in [5.41, 5.74) is 2.06. The van der Waals surface area contributed by atoms with Crippen LogP contribution in [0.15, 0.2) is 35.9 Å². The van der Waals surface area contributed by atoms with Crippen molar-refractivity contribution in [2.45, 2.75) is 117 Å². The van der Waals surface area contributed by atoms with Crippen molar-refractivity contribution >= 4 is 13.8 Å². The van der Waals surface area contributed by atoms with E-state index in [0.717, 1.165) is 49.7 Å². The molecule has 2 aliphatic carbocycles. The van der Waals surface area contributed by atoms with E-state index in [2.05, 4.69) is 26.5 Å². The molecule has 7 nitrogen and oxygen atoms in total. The minimum Gasteiger partial charge on any atom is -0.507 e. The molecule has 1 unspecified atom stereocenters. The van der Waals surface area contributed by atoms with Gasteiger partial charge in [-0.2, -0.15) is 0 Å². The number of phenolic OH excluding ortho intramolecular Hbond substituents is 1. The van der Waals surface area contributed by atoms with E-state index < -0.39 is 19.4 Å². The molecule has 224 valence electrons. The van der Waals surface area contributed by atoms with Crippen molar-refractivity contribution in [2.75, 3.05) is 6.61 Å². The van der Waals surface area contributed by atoms with E-state index >= 15 is 0 Å². The van der Waals surface area contributed by atoms with E-state index in [1.54, 1.807) is 6.07 Å². The van der Waals surface area contributed by atoms with Crippen molar-refractivity contribution in [3.05, 3.63) is 47.1 Å². The minimum absolute atomic E-state index is 0.0596. The second-order valence-corrected chi connectivity index (χ2v) is 13.6. The number of esters is 1. The quantitative estimate of drug-likeness (QED) is 0.0752. The third kappa shape index (κ3) is 8.55. The van der Waals surface area contributed by atoms with Crippen LogP contribution in [0.3, 0.4) is 0 Å². The van der Waals surface area contributed by atoms with Gasteiger partial charge in [-0.1, -0.05) is 57.4 Å². The Labute approximate surface area is 240 Å².